The van der Waals surface area contributed by atoms with Crippen LogP contribution >= 0.6 is 0 Å². The summed E-state index contributed by atoms with van der Waals surface area (Å²) >= 11 is 0. The second-order valence-corrected chi connectivity index (χ2v) is 13.7. The monoisotopic (exact) mass is 486 g/mol. The summed E-state index contributed by atoms with van der Waals surface area (Å²) in [5.74, 6) is -0.237. The predicted octanol–water partition coefficient (Wildman–Crippen LogP) is 7.80. The van der Waals surface area contributed by atoms with Gasteiger partial charge in [0, 0.05) is 12.1 Å². The van der Waals surface area contributed by atoms with Crippen molar-refractivity contribution in [1.82, 2.24) is 10.6 Å². The number of unbranched alkanes of at least 4 members (excludes halogenated alkanes) is 4. The van der Waals surface area contributed by atoms with E-state index < -0.39 is 6.04 Å². The van der Waals surface area contributed by atoms with E-state index in [1.54, 1.807) is 0 Å². The van der Waals surface area contributed by atoms with Crippen molar-refractivity contribution in [1.29, 1.82) is 0 Å². The fourth-order valence-electron chi connectivity index (χ4n) is 4.10. The Morgan fingerprint density at radius 2 is 1.23 bits per heavy atom. The minimum Gasteiger partial charge on any atom is -0.354 e. The van der Waals surface area contributed by atoms with E-state index in [1.807, 2.05) is 24.3 Å². The Morgan fingerprint density at radius 3 is 1.74 bits per heavy atom. The van der Waals surface area contributed by atoms with Crippen LogP contribution in [-0.2, 0) is 10.2 Å². The molecule has 2 amide bonds. The Labute approximate surface area is 216 Å². The van der Waals surface area contributed by atoms with Gasteiger partial charge in [0.15, 0.2) is 0 Å². The van der Waals surface area contributed by atoms with Crippen LogP contribution in [0.15, 0.2) is 24.3 Å². The Hall–Kier alpha value is -1.84. The zero-order valence-electron chi connectivity index (χ0n) is 24.3. The predicted molar refractivity (Wildman–Crippen MR) is 150 cm³/mol. The molecule has 0 aliphatic heterocycles. The van der Waals surface area contributed by atoms with Gasteiger partial charge in [-0.15, -0.1) is 0 Å². The highest BCUT2D eigenvalue weighted by molar-refractivity contribution is 5.97. The number of hydrogen-bond acceptors (Lipinski definition) is 2. The fourth-order valence-corrected chi connectivity index (χ4v) is 4.10. The largest absolute Gasteiger partial charge is 0.354 e. The molecule has 0 fully saturated rings. The fraction of sp³-hybridized carbons (Fsp3) is 0.742. The van der Waals surface area contributed by atoms with Gasteiger partial charge in [-0.05, 0) is 59.6 Å². The van der Waals surface area contributed by atoms with Crippen LogP contribution in [0.1, 0.15) is 136 Å². The van der Waals surface area contributed by atoms with Crippen molar-refractivity contribution >= 4 is 11.8 Å². The van der Waals surface area contributed by atoms with Gasteiger partial charge in [-0.25, -0.2) is 0 Å². The van der Waals surface area contributed by atoms with E-state index in [2.05, 4.69) is 72.9 Å². The molecule has 1 unspecified atom stereocenters. The first-order valence-corrected chi connectivity index (χ1v) is 13.8. The summed E-state index contributed by atoms with van der Waals surface area (Å²) in [6, 6.07) is 7.25. The first-order chi connectivity index (χ1) is 16.1. The second-order valence-electron chi connectivity index (χ2n) is 13.7. The van der Waals surface area contributed by atoms with Crippen molar-refractivity contribution < 1.29 is 9.59 Å². The molecule has 1 aromatic rings. The normalized spacial score (nSPS) is 13.4. The lowest BCUT2D eigenvalue weighted by Gasteiger charge is -2.21. The Balaban J connectivity index is 2.63. The molecule has 1 atom stereocenters. The topological polar surface area (TPSA) is 58.2 Å². The van der Waals surface area contributed by atoms with Gasteiger partial charge in [-0.1, -0.05) is 107 Å². The number of carbonyl (C=O) groups is 2. The van der Waals surface area contributed by atoms with Gasteiger partial charge in [0.05, 0.1) is 0 Å². The van der Waals surface area contributed by atoms with Crippen LogP contribution in [-0.4, -0.2) is 24.4 Å². The van der Waals surface area contributed by atoms with Crippen molar-refractivity contribution in [3.63, 3.8) is 0 Å². The standard InChI is InChI=1S/C31H54N2O2/c1-29(2,3)21-13-10-11-15-23-32-28(35)26(16-12-14-22-30(4,5)6)33-27(34)24-17-19-25(20-18-24)31(7,8)9/h17-20,26H,10-16,21-23H2,1-9H3,(H,32,35)(H,33,34). The molecule has 0 aliphatic carbocycles. The second kappa shape index (κ2) is 14.0. The molecule has 200 valence electrons. The van der Waals surface area contributed by atoms with E-state index in [1.165, 1.54) is 24.8 Å². The molecule has 0 radical (unpaired) electrons. The van der Waals surface area contributed by atoms with Crippen molar-refractivity contribution in [3.8, 4) is 0 Å². The molecular weight excluding hydrogens is 432 g/mol. The van der Waals surface area contributed by atoms with Crippen molar-refractivity contribution in [2.45, 2.75) is 132 Å². The Bertz CT molecular complexity index is 761. The molecule has 4 nitrogen and oxygen atoms in total. The van der Waals surface area contributed by atoms with Crippen molar-refractivity contribution in [2.75, 3.05) is 6.54 Å². The third-order valence-corrected chi connectivity index (χ3v) is 6.46. The summed E-state index contributed by atoms with van der Waals surface area (Å²) in [5, 5.41) is 6.10. The number of benzene rings is 1. The number of hydrogen-bond donors (Lipinski definition) is 2. The van der Waals surface area contributed by atoms with E-state index in [0.717, 1.165) is 32.1 Å². The maximum Gasteiger partial charge on any atom is 0.251 e. The third kappa shape index (κ3) is 14.3. The Morgan fingerprint density at radius 1 is 0.714 bits per heavy atom. The number of nitrogens with one attached hydrogen (secondary N) is 2. The van der Waals surface area contributed by atoms with E-state index in [4.69, 9.17) is 0 Å². The lowest BCUT2D eigenvalue weighted by atomic mass is 9.86. The van der Waals surface area contributed by atoms with Crippen LogP contribution in [0.4, 0.5) is 0 Å². The van der Waals surface area contributed by atoms with E-state index in [9.17, 15) is 9.59 Å². The lowest BCUT2D eigenvalue weighted by Crippen LogP contribution is -2.47. The van der Waals surface area contributed by atoms with Crippen molar-refractivity contribution in [2.24, 2.45) is 10.8 Å². The highest BCUT2D eigenvalue weighted by Crippen LogP contribution is 2.24. The molecule has 0 spiro atoms. The van der Waals surface area contributed by atoms with Crippen LogP contribution < -0.4 is 10.6 Å². The van der Waals surface area contributed by atoms with Crippen LogP contribution in [0.2, 0.25) is 0 Å². The molecule has 2 N–H and O–H groups in total. The molecule has 0 bridgehead atoms. The smallest absolute Gasteiger partial charge is 0.251 e. The number of carbonyl (C=O) groups excluding carboxylic acids is 2. The summed E-state index contributed by atoms with van der Waals surface area (Å²) < 4.78 is 0. The van der Waals surface area contributed by atoms with Gasteiger partial charge in [-0.2, -0.15) is 0 Å². The minimum atomic E-state index is -0.495. The Kier molecular flexibility index (Phi) is 12.5. The summed E-state index contributed by atoms with van der Waals surface area (Å²) in [5.41, 5.74) is 2.50. The maximum atomic E-state index is 13.0. The van der Waals surface area contributed by atoms with Gasteiger partial charge >= 0.3 is 0 Å². The molecular formula is C31H54N2O2. The zero-order chi connectivity index (χ0) is 26.7. The highest BCUT2D eigenvalue weighted by Gasteiger charge is 2.22. The van der Waals surface area contributed by atoms with Gasteiger partial charge in [0.25, 0.3) is 5.91 Å². The molecule has 0 saturated carbocycles. The summed E-state index contributed by atoms with van der Waals surface area (Å²) in [4.78, 5) is 25.9. The maximum absolute atomic E-state index is 13.0. The van der Waals surface area contributed by atoms with Gasteiger partial charge in [-0.3, -0.25) is 9.59 Å². The van der Waals surface area contributed by atoms with Crippen LogP contribution in [0.5, 0.6) is 0 Å². The lowest BCUT2D eigenvalue weighted by molar-refractivity contribution is -0.123. The van der Waals surface area contributed by atoms with Gasteiger partial charge in [0.1, 0.15) is 6.04 Å². The number of amides is 2. The number of rotatable bonds is 13. The van der Waals surface area contributed by atoms with E-state index in [0.29, 0.717) is 23.9 Å². The molecule has 0 saturated heterocycles. The van der Waals surface area contributed by atoms with Gasteiger partial charge in [0.2, 0.25) is 5.91 Å². The van der Waals surface area contributed by atoms with Crippen molar-refractivity contribution in [3.05, 3.63) is 35.4 Å². The minimum absolute atomic E-state index is 0.0389. The first-order valence-electron chi connectivity index (χ1n) is 13.8. The molecule has 4 heteroatoms. The van der Waals surface area contributed by atoms with Gasteiger partial charge < -0.3 is 10.6 Å². The van der Waals surface area contributed by atoms with E-state index >= 15 is 0 Å². The molecule has 0 aliphatic rings. The highest BCUT2D eigenvalue weighted by atomic mass is 16.2. The average molecular weight is 487 g/mol. The van der Waals surface area contributed by atoms with Crippen LogP contribution in [0.25, 0.3) is 0 Å². The third-order valence-electron chi connectivity index (χ3n) is 6.46. The zero-order valence-corrected chi connectivity index (χ0v) is 24.3. The average Bonchev–Trinajstić information content (AvgIpc) is 2.72. The molecule has 0 heterocycles. The summed E-state index contributed by atoms with van der Waals surface area (Å²) in [6.45, 7) is 20.7. The summed E-state index contributed by atoms with van der Waals surface area (Å²) in [6.07, 6.45) is 9.52. The molecule has 35 heavy (non-hydrogen) atoms. The summed E-state index contributed by atoms with van der Waals surface area (Å²) in [7, 11) is 0. The molecule has 0 aromatic heterocycles. The van der Waals surface area contributed by atoms with Crippen LogP contribution in [0, 0.1) is 10.8 Å². The molecule has 1 aromatic carbocycles. The van der Waals surface area contributed by atoms with Crippen LogP contribution in [0.3, 0.4) is 0 Å². The molecule has 1 rings (SSSR count). The first kappa shape index (κ1) is 31.2. The van der Waals surface area contributed by atoms with E-state index in [-0.39, 0.29) is 22.6 Å². The SMILES string of the molecule is CC(C)(C)CCCCCCNC(=O)C(CCCCC(C)(C)C)NC(=O)c1ccc(C(C)(C)C)cc1. The quantitative estimate of drug-likeness (QED) is 0.279.